The lowest BCUT2D eigenvalue weighted by Gasteiger charge is -2.27. The smallest absolute Gasteiger partial charge is 0.300 e. The Morgan fingerprint density at radius 1 is 0.955 bits per heavy atom. The van der Waals surface area contributed by atoms with Crippen LogP contribution in [0.5, 0.6) is 0 Å². The van der Waals surface area contributed by atoms with Gasteiger partial charge in [-0.25, -0.2) is 0 Å². The van der Waals surface area contributed by atoms with Crippen LogP contribution in [-0.4, -0.2) is 57.9 Å². The predicted molar refractivity (Wildman–Crippen MR) is 61.7 cm³/mol. The lowest BCUT2D eigenvalue weighted by Crippen LogP contribution is -2.42. The zero-order valence-electron chi connectivity index (χ0n) is 11.1. The van der Waals surface area contributed by atoms with E-state index in [1.165, 1.54) is 0 Å². The summed E-state index contributed by atoms with van der Waals surface area (Å²) in [6.45, 7) is -2.42. The molecule has 0 spiro atoms. The predicted octanol–water partition coefficient (Wildman–Crippen LogP) is -1.32. The largest absolute Gasteiger partial charge is 0.481 e. The molecule has 0 aliphatic heterocycles. The second-order valence-electron chi connectivity index (χ2n) is 3.67. The molecule has 0 aromatic heterocycles. The van der Waals surface area contributed by atoms with Crippen LogP contribution in [0.1, 0.15) is 6.92 Å². The summed E-state index contributed by atoms with van der Waals surface area (Å²) in [6.07, 6.45) is 0. The average molecular weight is 331 g/mol. The number of nitrogens with zero attached hydrogens (tertiary/aromatic N) is 3. The van der Waals surface area contributed by atoms with E-state index in [1.54, 1.807) is 0 Å². The molecule has 22 heavy (non-hydrogen) atoms. The molecule has 0 saturated heterocycles. The second-order valence-corrected chi connectivity index (χ2v) is 3.67. The fourth-order valence-corrected chi connectivity index (χ4v) is 0.831. The molecule has 15 heteroatoms. The van der Waals surface area contributed by atoms with Gasteiger partial charge in [0.2, 0.25) is 0 Å². The number of aliphatic carboxylic acids is 1. The fraction of sp³-hybridized carbons (Fsp3) is 0.857. The quantitative estimate of drug-likeness (QED) is 0.352. The fourth-order valence-electron chi connectivity index (χ4n) is 0.831. The summed E-state index contributed by atoms with van der Waals surface area (Å²) in [7, 11) is 0. The van der Waals surface area contributed by atoms with Gasteiger partial charge in [0.1, 0.15) is 19.8 Å². The van der Waals surface area contributed by atoms with Crippen LogP contribution in [0.15, 0.2) is 0 Å². The molecular weight excluding hydrogens is 318 g/mol. The van der Waals surface area contributed by atoms with Gasteiger partial charge >= 0.3 is 0 Å². The summed E-state index contributed by atoms with van der Waals surface area (Å²) in [5.41, 5.74) is -1.80. The molecule has 0 unspecified atom stereocenters. The highest BCUT2D eigenvalue weighted by Gasteiger charge is 2.34. The lowest BCUT2D eigenvalue weighted by molar-refractivity contribution is -0.782. The molecular formula is C7H13N3O12. The van der Waals surface area contributed by atoms with E-state index in [0.29, 0.717) is 0 Å². The third-order valence-corrected chi connectivity index (χ3v) is 1.76. The molecule has 0 aliphatic carbocycles. The van der Waals surface area contributed by atoms with Crippen molar-refractivity contribution in [2.75, 3.05) is 26.4 Å². The SMILES string of the molecule is CC(=O)O.O=[N+]([O-])OCC(CO)(CO[N+](=O)[O-])CO[N+](=O)[O-]. The standard InChI is InChI=1S/C5H9N3O10.C2H4O2/c9-1-5(2-16-6(10)11,3-17-7(12)13)4-18-8(14)15;1-2(3)4/h9H,1-4H2;1H3,(H,3,4). The summed E-state index contributed by atoms with van der Waals surface area (Å²) >= 11 is 0. The van der Waals surface area contributed by atoms with E-state index in [-0.39, 0.29) is 0 Å². The van der Waals surface area contributed by atoms with Crippen molar-refractivity contribution in [3.8, 4) is 0 Å². The average Bonchev–Trinajstić information content (AvgIpc) is 2.37. The zero-order chi connectivity index (χ0) is 17.8. The topological polar surface area (TPSA) is 215 Å². The number of carboxylic acid groups (broad SMARTS) is 1. The van der Waals surface area contributed by atoms with Gasteiger partial charge in [-0.15, -0.1) is 30.3 Å². The van der Waals surface area contributed by atoms with Crippen LogP contribution in [0.4, 0.5) is 0 Å². The molecule has 0 bridgehead atoms. The molecule has 0 aromatic rings. The molecule has 128 valence electrons. The maximum atomic E-state index is 9.99. The molecule has 0 fully saturated rings. The lowest BCUT2D eigenvalue weighted by atomic mass is 9.93. The Balaban J connectivity index is 0. The highest BCUT2D eigenvalue weighted by atomic mass is 17.0. The van der Waals surface area contributed by atoms with Crippen LogP contribution >= 0.6 is 0 Å². The van der Waals surface area contributed by atoms with Gasteiger partial charge in [0.15, 0.2) is 0 Å². The van der Waals surface area contributed by atoms with E-state index in [1.807, 2.05) is 0 Å². The van der Waals surface area contributed by atoms with Crippen molar-refractivity contribution < 1.29 is 44.8 Å². The van der Waals surface area contributed by atoms with Crippen LogP contribution in [0.2, 0.25) is 0 Å². The van der Waals surface area contributed by atoms with Crippen LogP contribution in [0.3, 0.4) is 0 Å². The second kappa shape index (κ2) is 10.8. The first-order valence-corrected chi connectivity index (χ1v) is 5.17. The van der Waals surface area contributed by atoms with Crippen LogP contribution in [-0.2, 0) is 19.3 Å². The van der Waals surface area contributed by atoms with E-state index in [9.17, 15) is 30.3 Å². The Morgan fingerprint density at radius 2 is 1.18 bits per heavy atom. The highest BCUT2D eigenvalue weighted by molar-refractivity contribution is 5.62. The van der Waals surface area contributed by atoms with E-state index in [4.69, 9.17) is 15.0 Å². The number of carbonyl (C=O) groups is 1. The number of hydrogen-bond acceptors (Lipinski definition) is 11. The Bertz CT molecular complexity index is 349. The van der Waals surface area contributed by atoms with Crippen LogP contribution < -0.4 is 0 Å². The van der Waals surface area contributed by atoms with Crippen molar-refractivity contribution in [3.63, 3.8) is 0 Å². The van der Waals surface area contributed by atoms with Gasteiger partial charge in [0.25, 0.3) is 21.2 Å². The van der Waals surface area contributed by atoms with Gasteiger partial charge in [0, 0.05) is 6.92 Å². The summed E-state index contributed by atoms with van der Waals surface area (Å²) in [5.74, 6) is -0.833. The summed E-state index contributed by atoms with van der Waals surface area (Å²) < 4.78 is 0. The molecule has 2 N–H and O–H groups in total. The number of hydrogen-bond donors (Lipinski definition) is 2. The Morgan fingerprint density at radius 3 is 1.32 bits per heavy atom. The minimum atomic E-state index is -1.80. The van der Waals surface area contributed by atoms with Gasteiger partial charge in [-0.2, -0.15) is 0 Å². The zero-order valence-corrected chi connectivity index (χ0v) is 11.1. The maximum Gasteiger partial charge on any atom is 0.300 e. The number of rotatable bonds is 10. The number of aliphatic hydroxyl groups is 1. The summed E-state index contributed by atoms with van der Waals surface area (Å²) in [6, 6.07) is 0. The van der Waals surface area contributed by atoms with Crippen molar-refractivity contribution in [2.24, 2.45) is 5.41 Å². The molecule has 0 saturated carbocycles. The van der Waals surface area contributed by atoms with Gasteiger partial charge in [0.05, 0.1) is 12.0 Å². The monoisotopic (exact) mass is 331 g/mol. The molecule has 0 aromatic carbocycles. The van der Waals surface area contributed by atoms with E-state index in [2.05, 4.69) is 14.5 Å². The number of carboxylic acids is 1. The first-order valence-electron chi connectivity index (χ1n) is 5.17. The Kier molecular flexibility index (Phi) is 10.4. The van der Waals surface area contributed by atoms with Gasteiger partial charge < -0.3 is 24.7 Å². The molecule has 0 amide bonds. The van der Waals surface area contributed by atoms with Crippen molar-refractivity contribution in [1.82, 2.24) is 0 Å². The first kappa shape index (κ1) is 21.3. The van der Waals surface area contributed by atoms with E-state index in [0.717, 1.165) is 6.92 Å². The van der Waals surface area contributed by atoms with Gasteiger partial charge in [-0.1, -0.05) is 0 Å². The highest BCUT2D eigenvalue weighted by Crippen LogP contribution is 2.19. The van der Waals surface area contributed by atoms with Gasteiger partial charge in [-0.3, -0.25) is 4.79 Å². The normalized spacial score (nSPS) is 9.73. The molecule has 0 rings (SSSR count). The molecule has 15 nitrogen and oxygen atoms in total. The third kappa shape index (κ3) is 13.5. The molecule has 0 aliphatic rings. The Labute approximate surface area is 121 Å². The van der Waals surface area contributed by atoms with E-state index < -0.39 is 53.1 Å². The molecule has 0 radical (unpaired) electrons. The maximum absolute atomic E-state index is 9.99. The van der Waals surface area contributed by atoms with Crippen molar-refractivity contribution in [1.29, 1.82) is 0 Å². The third-order valence-electron chi connectivity index (χ3n) is 1.76. The van der Waals surface area contributed by atoms with Gasteiger partial charge in [-0.05, 0) is 0 Å². The minimum absolute atomic E-state index is 0.833. The summed E-state index contributed by atoms with van der Waals surface area (Å²) in [5, 5.41) is 42.7. The van der Waals surface area contributed by atoms with Crippen molar-refractivity contribution in [2.45, 2.75) is 6.92 Å². The van der Waals surface area contributed by atoms with Crippen molar-refractivity contribution >= 4 is 5.97 Å². The van der Waals surface area contributed by atoms with Crippen molar-refractivity contribution in [3.05, 3.63) is 30.3 Å². The van der Waals surface area contributed by atoms with E-state index >= 15 is 0 Å². The number of aliphatic hydroxyl groups excluding tert-OH is 1. The molecule has 0 atom stereocenters. The summed E-state index contributed by atoms with van der Waals surface area (Å²) in [4.78, 5) is 50.7. The van der Waals surface area contributed by atoms with Crippen LogP contribution in [0, 0.1) is 35.8 Å². The minimum Gasteiger partial charge on any atom is -0.481 e. The van der Waals surface area contributed by atoms with Crippen LogP contribution in [0.25, 0.3) is 0 Å². The first-order chi connectivity index (χ1) is 10.0. The molecule has 0 heterocycles. The Hall–Kier alpha value is -2.97.